The van der Waals surface area contributed by atoms with Crippen LogP contribution in [-0.2, 0) is 0 Å². The van der Waals surface area contributed by atoms with Gasteiger partial charge < -0.3 is 0 Å². The number of benzene rings is 10. The second kappa shape index (κ2) is 19.1. The third kappa shape index (κ3) is 8.35. The molecule has 3 nitrogen and oxygen atoms in total. The van der Waals surface area contributed by atoms with Crippen LogP contribution in [0.15, 0.2) is 255 Å². The molecular formula is C72H51N3. The summed E-state index contributed by atoms with van der Waals surface area (Å²) in [5, 5.41) is 7.07. The Kier molecular flexibility index (Phi) is 11.6. The molecule has 0 radical (unpaired) electrons. The van der Waals surface area contributed by atoms with Gasteiger partial charge in [0.05, 0.1) is 17.1 Å². The maximum Gasteiger partial charge on any atom is 0.0705 e. The Morgan fingerprint density at radius 1 is 0.227 bits per heavy atom. The minimum absolute atomic E-state index is 0.957. The summed E-state index contributed by atoms with van der Waals surface area (Å²) in [6.07, 6.45) is 6.25. The number of pyridine rings is 3. The van der Waals surface area contributed by atoms with E-state index in [-0.39, 0.29) is 0 Å². The number of hydrogen-bond acceptors (Lipinski definition) is 3. The fourth-order valence-electron chi connectivity index (χ4n) is 11.3. The van der Waals surface area contributed by atoms with E-state index in [1.807, 2.05) is 0 Å². The third-order valence-electron chi connectivity index (χ3n) is 15.0. The highest BCUT2D eigenvalue weighted by atomic mass is 14.7. The van der Waals surface area contributed by atoms with Crippen molar-refractivity contribution < 1.29 is 0 Å². The molecule has 0 aliphatic carbocycles. The maximum absolute atomic E-state index is 5.16. The Labute approximate surface area is 438 Å². The zero-order valence-corrected chi connectivity index (χ0v) is 42.1. The molecule has 13 aromatic rings. The van der Waals surface area contributed by atoms with Crippen molar-refractivity contribution in [3.05, 3.63) is 272 Å². The SMILES string of the molecule is Cc1cc(-c2ccccc2)ncc1-c1c(-c2cc(-c3ccc4ccccc4c3-c3cnc(-c4ccccc4)cc3C)cc(-c3ccc4ccccc4c3-c3cnc(-c4ccccc4)cc3C)c2)ccc2ccccc12. The predicted octanol–water partition coefficient (Wildman–Crippen LogP) is 19.3. The number of nitrogens with zero attached hydrogens (tertiary/aromatic N) is 3. The molecule has 0 amide bonds. The Bertz CT molecular complexity index is 3860. The van der Waals surface area contributed by atoms with Gasteiger partial charge in [0, 0.05) is 52.0 Å². The van der Waals surface area contributed by atoms with Crippen molar-refractivity contribution >= 4 is 32.3 Å². The number of rotatable bonds is 9. The van der Waals surface area contributed by atoms with Crippen LogP contribution in [0.5, 0.6) is 0 Å². The number of fused-ring (bicyclic) bond motifs is 3. The average molecular weight is 958 g/mol. The lowest BCUT2D eigenvalue weighted by atomic mass is 9.82. The van der Waals surface area contributed by atoms with Crippen molar-refractivity contribution in [2.75, 3.05) is 0 Å². The molecule has 3 aromatic heterocycles. The fourth-order valence-corrected chi connectivity index (χ4v) is 11.3. The molecule has 0 unspecified atom stereocenters. The van der Waals surface area contributed by atoms with Crippen LogP contribution in [0.3, 0.4) is 0 Å². The van der Waals surface area contributed by atoms with Gasteiger partial charge in [0.1, 0.15) is 0 Å². The second-order valence-corrected chi connectivity index (χ2v) is 19.7. The normalized spacial score (nSPS) is 11.4. The standard InChI is InChI=1S/C72H51N3/c1-46-37-67(52-22-7-4-8-23-52)73-43-64(46)70-58-28-16-13-19-49(58)31-34-61(70)55-40-56(62-35-32-50-20-14-17-29-59(50)71(62)65-44-74-68(38-47(65)2)53-24-9-5-10-25-53)42-57(41-55)63-36-33-51-21-15-18-30-60(51)72(63)66-45-75-69(39-48(66)3)54-26-11-6-12-27-54/h4-45H,1-3H3. The molecular weight excluding hydrogens is 907 g/mol. The van der Waals surface area contributed by atoms with Crippen molar-refractivity contribution in [2.24, 2.45) is 0 Å². The molecule has 75 heavy (non-hydrogen) atoms. The van der Waals surface area contributed by atoms with Crippen LogP contribution in [0, 0.1) is 20.8 Å². The lowest BCUT2D eigenvalue weighted by Crippen LogP contribution is -1.97. The highest BCUT2D eigenvalue weighted by Gasteiger charge is 2.23. The topological polar surface area (TPSA) is 38.7 Å². The quantitative estimate of drug-likeness (QED) is 0.145. The van der Waals surface area contributed by atoms with Crippen LogP contribution < -0.4 is 0 Å². The van der Waals surface area contributed by atoms with E-state index < -0.39 is 0 Å². The minimum Gasteiger partial charge on any atom is -0.256 e. The number of aryl methyl sites for hydroxylation is 3. The van der Waals surface area contributed by atoms with Crippen LogP contribution in [0.25, 0.3) is 133 Å². The van der Waals surface area contributed by atoms with E-state index in [4.69, 9.17) is 15.0 Å². The molecule has 0 spiro atoms. The van der Waals surface area contributed by atoms with Gasteiger partial charge in [-0.15, -0.1) is 0 Å². The summed E-state index contributed by atoms with van der Waals surface area (Å²) in [6, 6.07) is 85.4. The molecule has 3 heterocycles. The van der Waals surface area contributed by atoms with E-state index in [1.165, 1.54) is 32.3 Å². The number of hydrogen-bond donors (Lipinski definition) is 0. The van der Waals surface area contributed by atoms with E-state index >= 15 is 0 Å². The Hall–Kier alpha value is -9.57. The molecule has 354 valence electrons. The average Bonchev–Trinajstić information content (AvgIpc) is 3.49. The van der Waals surface area contributed by atoms with Crippen molar-refractivity contribution in [2.45, 2.75) is 20.8 Å². The Morgan fingerprint density at radius 2 is 0.493 bits per heavy atom. The van der Waals surface area contributed by atoms with Crippen LogP contribution >= 0.6 is 0 Å². The molecule has 0 N–H and O–H groups in total. The van der Waals surface area contributed by atoms with E-state index in [1.54, 1.807) is 0 Å². The van der Waals surface area contributed by atoms with Crippen LogP contribution in [-0.4, -0.2) is 15.0 Å². The zero-order chi connectivity index (χ0) is 50.4. The van der Waals surface area contributed by atoms with E-state index in [2.05, 4.69) is 276 Å². The van der Waals surface area contributed by atoms with E-state index in [0.29, 0.717) is 0 Å². The summed E-state index contributed by atoms with van der Waals surface area (Å²) < 4.78 is 0. The van der Waals surface area contributed by atoms with Gasteiger partial charge >= 0.3 is 0 Å². The first kappa shape index (κ1) is 45.3. The van der Waals surface area contributed by atoms with Crippen molar-refractivity contribution in [1.82, 2.24) is 15.0 Å². The maximum atomic E-state index is 5.16. The molecule has 10 aromatic carbocycles. The minimum atomic E-state index is 0.957. The van der Waals surface area contributed by atoms with Gasteiger partial charge in [-0.1, -0.05) is 200 Å². The summed E-state index contributed by atoms with van der Waals surface area (Å²) in [4.78, 5) is 15.5. The Morgan fingerprint density at radius 3 is 0.773 bits per heavy atom. The monoisotopic (exact) mass is 957 g/mol. The largest absolute Gasteiger partial charge is 0.256 e. The first-order valence-corrected chi connectivity index (χ1v) is 25.7. The summed E-state index contributed by atoms with van der Waals surface area (Å²) in [6.45, 7) is 6.66. The zero-order valence-electron chi connectivity index (χ0n) is 42.1. The van der Waals surface area contributed by atoms with Crippen molar-refractivity contribution in [3.63, 3.8) is 0 Å². The molecule has 3 heteroatoms. The summed E-state index contributed by atoms with van der Waals surface area (Å²) in [7, 11) is 0. The van der Waals surface area contributed by atoms with Crippen LogP contribution in [0.2, 0.25) is 0 Å². The Balaban J connectivity index is 1.10. The van der Waals surface area contributed by atoms with Crippen LogP contribution in [0.1, 0.15) is 16.7 Å². The van der Waals surface area contributed by atoms with E-state index in [0.717, 1.165) is 117 Å². The highest BCUT2D eigenvalue weighted by Crippen LogP contribution is 2.48. The van der Waals surface area contributed by atoms with E-state index in [9.17, 15) is 0 Å². The molecule has 0 saturated heterocycles. The summed E-state index contributed by atoms with van der Waals surface area (Å²) in [5.74, 6) is 0. The predicted molar refractivity (Wildman–Crippen MR) is 315 cm³/mol. The molecule has 0 fully saturated rings. The lowest BCUT2D eigenvalue weighted by molar-refractivity contribution is 1.29. The van der Waals surface area contributed by atoms with Gasteiger partial charge in [-0.3, -0.25) is 15.0 Å². The molecule has 0 aliphatic heterocycles. The number of aromatic nitrogens is 3. The van der Waals surface area contributed by atoms with Crippen LogP contribution in [0.4, 0.5) is 0 Å². The first-order valence-electron chi connectivity index (χ1n) is 25.7. The summed E-state index contributed by atoms with van der Waals surface area (Å²) >= 11 is 0. The van der Waals surface area contributed by atoms with Crippen molar-refractivity contribution in [1.29, 1.82) is 0 Å². The fraction of sp³-hybridized carbons (Fsp3) is 0.0417. The summed E-state index contributed by atoms with van der Waals surface area (Å²) in [5.41, 5.74) is 23.2. The van der Waals surface area contributed by atoms with Gasteiger partial charge in [-0.05, 0) is 156 Å². The van der Waals surface area contributed by atoms with Gasteiger partial charge in [-0.25, -0.2) is 0 Å². The first-order chi connectivity index (χ1) is 36.9. The van der Waals surface area contributed by atoms with Crippen molar-refractivity contribution in [3.8, 4) is 101 Å². The van der Waals surface area contributed by atoms with Gasteiger partial charge in [0.25, 0.3) is 0 Å². The van der Waals surface area contributed by atoms with Gasteiger partial charge in [0.15, 0.2) is 0 Å². The molecule has 13 rings (SSSR count). The molecule has 0 bridgehead atoms. The molecule has 0 atom stereocenters. The molecule has 0 saturated carbocycles. The molecule has 0 aliphatic rings. The highest BCUT2D eigenvalue weighted by molar-refractivity contribution is 6.10. The van der Waals surface area contributed by atoms with Gasteiger partial charge in [-0.2, -0.15) is 0 Å². The smallest absolute Gasteiger partial charge is 0.0705 e. The lowest BCUT2D eigenvalue weighted by Gasteiger charge is -2.21. The third-order valence-corrected chi connectivity index (χ3v) is 15.0. The second-order valence-electron chi connectivity index (χ2n) is 19.7. The van der Waals surface area contributed by atoms with Gasteiger partial charge in [0.2, 0.25) is 0 Å².